The summed E-state index contributed by atoms with van der Waals surface area (Å²) in [5, 5.41) is 0. The maximum Gasteiger partial charge on any atom is 0.0564 e. The Morgan fingerprint density at radius 1 is 0.870 bits per heavy atom. The Kier molecular flexibility index (Phi) is 11.9. The van der Waals surface area contributed by atoms with Crippen LogP contribution in [-0.4, -0.2) is 66.1 Å². The molecule has 0 N–H and O–H groups in total. The maximum atomic E-state index is 5.69. The van der Waals surface area contributed by atoms with E-state index in [0.717, 1.165) is 85.3 Å². The van der Waals surface area contributed by atoms with Crippen molar-refractivity contribution in [1.82, 2.24) is 0 Å². The van der Waals surface area contributed by atoms with Crippen LogP contribution in [0.3, 0.4) is 0 Å². The lowest BCUT2D eigenvalue weighted by molar-refractivity contribution is -0.138. The van der Waals surface area contributed by atoms with E-state index in [-0.39, 0.29) is 5.41 Å². The van der Waals surface area contributed by atoms with Crippen LogP contribution in [0.4, 0.5) is 0 Å². The van der Waals surface area contributed by atoms with Gasteiger partial charge in [-0.2, -0.15) is 0 Å². The van der Waals surface area contributed by atoms with E-state index in [1.807, 2.05) is 6.92 Å². The molecule has 0 aromatic heterocycles. The molecule has 5 nitrogen and oxygen atoms in total. The van der Waals surface area contributed by atoms with Crippen molar-refractivity contribution in [1.29, 1.82) is 0 Å². The van der Waals surface area contributed by atoms with Crippen molar-refractivity contribution >= 4 is 0 Å². The van der Waals surface area contributed by atoms with E-state index in [2.05, 4.69) is 13.8 Å². The molecule has 1 unspecified atom stereocenters. The normalized spacial score (nSPS) is 17.9. The fourth-order valence-corrected chi connectivity index (χ4v) is 2.30. The minimum atomic E-state index is 0.247. The highest BCUT2D eigenvalue weighted by molar-refractivity contribution is 4.79. The van der Waals surface area contributed by atoms with Crippen molar-refractivity contribution in [2.75, 3.05) is 66.1 Å². The average Bonchev–Trinajstić information content (AvgIpc) is 2.53. The van der Waals surface area contributed by atoms with Crippen LogP contribution in [0.5, 0.6) is 0 Å². The topological polar surface area (TPSA) is 46.2 Å². The molecule has 0 aromatic carbocycles. The van der Waals surface area contributed by atoms with Crippen LogP contribution in [0, 0.1) is 11.3 Å². The summed E-state index contributed by atoms with van der Waals surface area (Å²) in [7, 11) is 0. The highest BCUT2D eigenvalue weighted by Crippen LogP contribution is 2.26. The highest BCUT2D eigenvalue weighted by atomic mass is 16.5. The average molecular weight is 332 g/mol. The second-order valence-electron chi connectivity index (χ2n) is 6.68. The number of hydrogen-bond acceptors (Lipinski definition) is 5. The number of rotatable bonds is 16. The third-order valence-electron chi connectivity index (χ3n) is 3.99. The van der Waals surface area contributed by atoms with Gasteiger partial charge in [0.05, 0.1) is 33.0 Å². The van der Waals surface area contributed by atoms with Gasteiger partial charge in [0.2, 0.25) is 0 Å². The predicted octanol–water partition coefficient (Wildman–Crippen LogP) is 2.92. The molecule has 1 atom stereocenters. The Morgan fingerprint density at radius 2 is 1.48 bits per heavy atom. The van der Waals surface area contributed by atoms with Gasteiger partial charge in [-0.05, 0) is 26.2 Å². The second-order valence-corrected chi connectivity index (χ2v) is 6.68. The molecule has 1 heterocycles. The Bertz CT molecular complexity index is 268. The quantitative estimate of drug-likeness (QED) is 0.407. The van der Waals surface area contributed by atoms with E-state index in [1.54, 1.807) is 0 Å². The molecule has 1 aliphatic rings. The van der Waals surface area contributed by atoms with E-state index in [9.17, 15) is 0 Å². The summed E-state index contributed by atoms with van der Waals surface area (Å²) in [5.74, 6) is 0.510. The summed E-state index contributed by atoms with van der Waals surface area (Å²) in [5.41, 5.74) is 0.247. The standard InChI is InChI=1S/C18H36O5/c1-4-17(12-19-5-2)13-21-10-6-8-20-9-7-11-22-14-18(3)15-23-16-18/h17H,4-16H2,1-3H3. The van der Waals surface area contributed by atoms with Crippen molar-refractivity contribution in [3.05, 3.63) is 0 Å². The van der Waals surface area contributed by atoms with Crippen LogP contribution in [0.25, 0.3) is 0 Å². The smallest absolute Gasteiger partial charge is 0.0564 e. The van der Waals surface area contributed by atoms with Gasteiger partial charge in [-0.25, -0.2) is 0 Å². The molecule has 0 aliphatic carbocycles. The van der Waals surface area contributed by atoms with Gasteiger partial charge >= 0.3 is 0 Å². The van der Waals surface area contributed by atoms with Crippen LogP contribution in [-0.2, 0) is 23.7 Å². The molecule has 0 spiro atoms. The number of ether oxygens (including phenoxy) is 5. The number of hydrogen-bond donors (Lipinski definition) is 0. The van der Waals surface area contributed by atoms with Crippen molar-refractivity contribution in [3.8, 4) is 0 Å². The molecule has 138 valence electrons. The van der Waals surface area contributed by atoms with Gasteiger partial charge in [-0.1, -0.05) is 13.8 Å². The summed E-state index contributed by atoms with van der Waals surface area (Å²) in [6.45, 7) is 14.3. The SMILES string of the molecule is CCOCC(CC)COCCCOCCCOCC1(C)COC1. The molecule has 1 fully saturated rings. The summed E-state index contributed by atoms with van der Waals surface area (Å²) in [6.07, 6.45) is 2.99. The molecule has 1 saturated heterocycles. The first-order valence-corrected chi connectivity index (χ1v) is 9.09. The van der Waals surface area contributed by atoms with Gasteiger partial charge in [0.15, 0.2) is 0 Å². The van der Waals surface area contributed by atoms with Crippen LogP contribution < -0.4 is 0 Å². The van der Waals surface area contributed by atoms with E-state index < -0.39 is 0 Å². The predicted molar refractivity (Wildman–Crippen MR) is 90.9 cm³/mol. The van der Waals surface area contributed by atoms with Crippen molar-refractivity contribution in [3.63, 3.8) is 0 Å². The molecule has 0 aromatic rings. The van der Waals surface area contributed by atoms with Gasteiger partial charge < -0.3 is 23.7 Å². The fraction of sp³-hybridized carbons (Fsp3) is 1.00. The molecule has 0 radical (unpaired) electrons. The fourth-order valence-electron chi connectivity index (χ4n) is 2.30. The second kappa shape index (κ2) is 13.1. The molecule has 5 heteroatoms. The van der Waals surface area contributed by atoms with Crippen molar-refractivity contribution in [2.24, 2.45) is 11.3 Å². The summed E-state index contributed by atoms with van der Waals surface area (Å²) >= 11 is 0. The van der Waals surface area contributed by atoms with Gasteiger partial charge in [0, 0.05) is 44.4 Å². The van der Waals surface area contributed by atoms with Crippen LogP contribution >= 0.6 is 0 Å². The highest BCUT2D eigenvalue weighted by Gasteiger charge is 2.33. The molecular weight excluding hydrogens is 296 g/mol. The van der Waals surface area contributed by atoms with E-state index in [0.29, 0.717) is 5.92 Å². The molecule has 1 rings (SSSR count). The molecule has 23 heavy (non-hydrogen) atoms. The largest absolute Gasteiger partial charge is 0.381 e. The van der Waals surface area contributed by atoms with E-state index in [4.69, 9.17) is 23.7 Å². The maximum absolute atomic E-state index is 5.69. The van der Waals surface area contributed by atoms with Crippen LogP contribution in [0.15, 0.2) is 0 Å². The van der Waals surface area contributed by atoms with Crippen LogP contribution in [0.2, 0.25) is 0 Å². The summed E-state index contributed by atoms with van der Waals surface area (Å²) < 4.78 is 27.6. The Balaban J connectivity index is 1.77. The first kappa shape index (κ1) is 20.8. The Morgan fingerprint density at radius 3 is 2.04 bits per heavy atom. The minimum Gasteiger partial charge on any atom is -0.381 e. The van der Waals surface area contributed by atoms with Crippen molar-refractivity contribution < 1.29 is 23.7 Å². The molecule has 0 bridgehead atoms. The zero-order valence-electron chi connectivity index (χ0n) is 15.3. The van der Waals surface area contributed by atoms with Crippen LogP contribution in [0.1, 0.15) is 40.0 Å². The Labute approximate surface area is 142 Å². The molecule has 1 aliphatic heterocycles. The summed E-state index contributed by atoms with van der Waals surface area (Å²) in [4.78, 5) is 0. The van der Waals surface area contributed by atoms with Gasteiger partial charge in [0.25, 0.3) is 0 Å². The van der Waals surface area contributed by atoms with Crippen molar-refractivity contribution in [2.45, 2.75) is 40.0 Å². The molecule has 0 amide bonds. The first-order valence-electron chi connectivity index (χ1n) is 9.09. The molecule has 0 saturated carbocycles. The monoisotopic (exact) mass is 332 g/mol. The zero-order valence-corrected chi connectivity index (χ0v) is 15.3. The van der Waals surface area contributed by atoms with Gasteiger partial charge in [-0.15, -0.1) is 0 Å². The van der Waals surface area contributed by atoms with Gasteiger partial charge in [-0.3, -0.25) is 0 Å². The third kappa shape index (κ3) is 10.3. The molecular formula is C18H36O5. The third-order valence-corrected chi connectivity index (χ3v) is 3.99. The lowest BCUT2D eigenvalue weighted by Gasteiger charge is -2.37. The van der Waals surface area contributed by atoms with E-state index in [1.165, 1.54) is 0 Å². The first-order chi connectivity index (χ1) is 11.2. The minimum absolute atomic E-state index is 0.247. The lowest BCUT2D eigenvalue weighted by atomic mass is 9.90. The lowest BCUT2D eigenvalue weighted by Crippen LogP contribution is -2.43. The van der Waals surface area contributed by atoms with E-state index >= 15 is 0 Å². The van der Waals surface area contributed by atoms with Gasteiger partial charge in [0.1, 0.15) is 0 Å². The zero-order chi connectivity index (χ0) is 16.8. The summed E-state index contributed by atoms with van der Waals surface area (Å²) in [6, 6.07) is 0. The Hall–Kier alpha value is -0.200.